The van der Waals surface area contributed by atoms with Crippen LogP contribution in [0, 0.1) is 6.92 Å². The average molecular weight is 316 g/mol. The first kappa shape index (κ1) is 16.6. The minimum Gasteiger partial charge on any atom is -0.390 e. The Balaban J connectivity index is 2.53. The first-order chi connectivity index (χ1) is 10.5. The molecule has 2 aromatic rings. The van der Waals surface area contributed by atoms with Crippen molar-refractivity contribution in [1.29, 1.82) is 0 Å². The van der Waals surface area contributed by atoms with Gasteiger partial charge in [0.2, 0.25) is 0 Å². The van der Waals surface area contributed by atoms with E-state index in [1.165, 1.54) is 16.9 Å². The van der Waals surface area contributed by atoms with E-state index in [1.54, 1.807) is 0 Å². The molecule has 2 rings (SSSR count). The van der Waals surface area contributed by atoms with Crippen molar-refractivity contribution >= 4 is 22.2 Å². The highest BCUT2D eigenvalue weighted by molar-refractivity contribution is 7.16. The number of anilines is 1. The molecule has 0 unspecified atom stereocenters. The minimum atomic E-state index is 0.0291. The Bertz CT molecular complexity index is 654. The highest BCUT2D eigenvalue weighted by Crippen LogP contribution is 2.39. The number of benzene rings is 1. The second-order valence-electron chi connectivity index (χ2n) is 5.30. The zero-order valence-corrected chi connectivity index (χ0v) is 14.6. The topological polar surface area (TPSA) is 46.3 Å². The van der Waals surface area contributed by atoms with Crippen molar-refractivity contribution in [3.8, 4) is 11.1 Å². The number of hydrogen-bond acceptors (Lipinski definition) is 3. The lowest BCUT2D eigenvalue weighted by Gasteiger charge is -2.19. The van der Waals surface area contributed by atoms with Crippen LogP contribution in [0.25, 0.3) is 11.1 Å². The fourth-order valence-corrected chi connectivity index (χ4v) is 3.65. The van der Waals surface area contributed by atoms with Crippen LogP contribution in [0.1, 0.15) is 41.6 Å². The maximum absolute atomic E-state index is 12.8. The Morgan fingerprint density at radius 1 is 1.14 bits per heavy atom. The Labute approximate surface area is 136 Å². The molecule has 1 aromatic carbocycles. The van der Waals surface area contributed by atoms with Gasteiger partial charge in [0.15, 0.2) is 0 Å². The Kier molecular flexibility index (Phi) is 5.24. The number of nitrogens with two attached hydrogens (primary N) is 1. The lowest BCUT2D eigenvalue weighted by molar-refractivity contribution is 0.0775. The summed E-state index contributed by atoms with van der Waals surface area (Å²) in [4.78, 5) is 15.7. The van der Waals surface area contributed by atoms with Crippen LogP contribution in [0.3, 0.4) is 0 Å². The zero-order chi connectivity index (χ0) is 16.3. The smallest absolute Gasteiger partial charge is 0.257 e. The molecule has 0 saturated carbocycles. The van der Waals surface area contributed by atoms with Crippen LogP contribution in [0.2, 0.25) is 0 Å². The maximum atomic E-state index is 12.8. The van der Waals surface area contributed by atoms with Crippen molar-refractivity contribution in [2.24, 2.45) is 0 Å². The van der Waals surface area contributed by atoms with Crippen molar-refractivity contribution < 1.29 is 4.79 Å². The quantitative estimate of drug-likeness (QED) is 0.891. The average Bonchev–Trinajstić information content (AvgIpc) is 2.82. The third kappa shape index (κ3) is 3.02. The molecule has 0 aliphatic carbocycles. The lowest BCUT2D eigenvalue weighted by atomic mass is 9.99. The van der Waals surface area contributed by atoms with Crippen molar-refractivity contribution in [3.05, 3.63) is 40.3 Å². The van der Waals surface area contributed by atoms with Gasteiger partial charge in [0, 0.05) is 23.5 Å². The Hall–Kier alpha value is -1.81. The molecule has 118 valence electrons. The lowest BCUT2D eigenvalue weighted by Crippen LogP contribution is -2.31. The first-order valence-corrected chi connectivity index (χ1v) is 8.62. The molecular weight excluding hydrogens is 292 g/mol. The van der Waals surface area contributed by atoms with Gasteiger partial charge in [0.25, 0.3) is 5.91 Å². The first-order valence-electron chi connectivity index (χ1n) is 7.80. The fourth-order valence-electron chi connectivity index (χ4n) is 2.70. The highest BCUT2D eigenvalue weighted by Gasteiger charge is 2.24. The molecule has 1 aromatic heterocycles. The standard InChI is InChI=1S/C18H24N2OS/c1-5-13-8-10-14(11-9-13)15-12(4)22-17(19)16(15)18(21)20(6-2)7-3/h8-11H,5-7,19H2,1-4H3. The van der Waals surface area contributed by atoms with Crippen molar-refractivity contribution in [3.63, 3.8) is 0 Å². The van der Waals surface area contributed by atoms with Gasteiger partial charge < -0.3 is 10.6 Å². The summed E-state index contributed by atoms with van der Waals surface area (Å²) in [6.07, 6.45) is 1.01. The van der Waals surface area contributed by atoms with Gasteiger partial charge in [0.1, 0.15) is 0 Å². The number of rotatable bonds is 5. The molecule has 0 aliphatic rings. The van der Waals surface area contributed by atoms with Crippen LogP contribution in [-0.2, 0) is 6.42 Å². The molecule has 0 aliphatic heterocycles. The SMILES string of the molecule is CCc1ccc(-c2c(C)sc(N)c2C(=O)N(CC)CC)cc1. The predicted molar refractivity (Wildman–Crippen MR) is 95.5 cm³/mol. The summed E-state index contributed by atoms with van der Waals surface area (Å²) in [5, 5.41) is 0.615. The molecule has 1 heterocycles. The van der Waals surface area contributed by atoms with Crippen molar-refractivity contribution in [2.75, 3.05) is 18.8 Å². The summed E-state index contributed by atoms with van der Waals surface area (Å²) < 4.78 is 0. The predicted octanol–water partition coefficient (Wildman–Crippen LogP) is 4.35. The van der Waals surface area contributed by atoms with Gasteiger partial charge in [-0.1, -0.05) is 31.2 Å². The number of nitrogen functional groups attached to an aromatic ring is 1. The number of nitrogens with zero attached hydrogens (tertiary/aromatic N) is 1. The van der Waals surface area contributed by atoms with Crippen LogP contribution < -0.4 is 5.73 Å². The molecule has 1 amide bonds. The van der Waals surface area contributed by atoms with Crippen LogP contribution in [0.4, 0.5) is 5.00 Å². The van der Waals surface area contributed by atoms with Gasteiger partial charge in [0.05, 0.1) is 10.6 Å². The van der Waals surface area contributed by atoms with Gasteiger partial charge in [-0.05, 0) is 38.3 Å². The zero-order valence-electron chi connectivity index (χ0n) is 13.8. The Morgan fingerprint density at radius 3 is 2.23 bits per heavy atom. The molecule has 0 bridgehead atoms. The number of carbonyl (C=O) groups is 1. The third-order valence-corrected chi connectivity index (χ3v) is 4.96. The van der Waals surface area contributed by atoms with E-state index in [0.29, 0.717) is 23.7 Å². The molecule has 0 fully saturated rings. The van der Waals surface area contributed by atoms with Crippen molar-refractivity contribution in [1.82, 2.24) is 4.90 Å². The number of thiophene rings is 1. The summed E-state index contributed by atoms with van der Waals surface area (Å²) in [7, 11) is 0. The summed E-state index contributed by atoms with van der Waals surface area (Å²) in [6, 6.07) is 8.42. The van der Waals surface area contributed by atoms with Gasteiger partial charge in [-0.3, -0.25) is 4.79 Å². The largest absolute Gasteiger partial charge is 0.390 e. The number of aryl methyl sites for hydroxylation is 2. The van der Waals surface area contributed by atoms with E-state index in [-0.39, 0.29) is 5.91 Å². The summed E-state index contributed by atoms with van der Waals surface area (Å²) in [5.74, 6) is 0.0291. The van der Waals surface area contributed by atoms with E-state index in [2.05, 4.69) is 31.2 Å². The molecule has 0 radical (unpaired) electrons. The van der Waals surface area contributed by atoms with Gasteiger partial charge in [-0.25, -0.2) is 0 Å². The highest BCUT2D eigenvalue weighted by atomic mass is 32.1. The van der Waals surface area contributed by atoms with E-state index < -0.39 is 0 Å². The van der Waals surface area contributed by atoms with Gasteiger partial charge >= 0.3 is 0 Å². The molecular formula is C18H24N2OS. The van der Waals surface area contributed by atoms with Gasteiger partial charge in [-0.15, -0.1) is 11.3 Å². The van der Waals surface area contributed by atoms with E-state index in [4.69, 9.17) is 5.73 Å². The summed E-state index contributed by atoms with van der Waals surface area (Å²) >= 11 is 1.50. The molecule has 4 heteroatoms. The fraction of sp³-hybridized carbons (Fsp3) is 0.389. The van der Waals surface area contributed by atoms with E-state index in [0.717, 1.165) is 22.4 Å². The van der Waals surface area contributed by atoms with E-state index >= 15 is 0 Å². The third-order valence-electron chi connectivity index (χ3n) is 4.03. The molecule has 0 spiro atoms. The van der Waals surface area contributed by atoms with Crippen molar-refractivity contribution in [2.45, 2.75) is 34.1 Å². The molecule has 0 saturated heterocycles. The molecule has 0 atom stereocenters. The number of amides is 1. The Morgan fingerprint density at radius 2 is 1.73 bits per heavy atom. The van der Waals surface area contributed by atoms with Crippen LogP contribution >= 0.6 is 11.3 Å². The van der Waals surface area contributed by atoms with Gasteiger partial charge in [-0.2, -0.15) is 0 Å². The monoisotopic (exact) mass is 316 g/mol. The minimum absolute atomic E-state index is 0.0291. The maximum Gasteiger partial charge on any atom is 0.257 e. The second-order valence-corrected chi connectivity index (χ2v) is 6.56. The normalized spacial score (nSPS) is 10.7. The van der Waals surface area contributed by atoms with Crippen LogP contribution in [-0.4, -0.2) is 23.9 Å². The van der Waals surface area contributed by atoms with Crippen LogP contribution in [0.15, 0.2) is 24.3 Å². The molecule has 2 N–H and O–H groups in total. The number of carbonyl (C=O) groups excluding carboxylic acids is 1. The summed E-state index contributed by atoms with van der Waals surface area (Å²) in [5.41, 5.74) is 10.2. The molecule has 22 heavy (non-hydrogen) atoms. The summed E-state index contributed by atoms with van der Waals surface area (Å²) in [6.45, 7) is 9.54. The molecule has 3 nitrogen and oxygen atoms in total. The second kappa shape index (κ2) is 6.97. The van der Waals surface area contributed by atoms with E-state index in [1.807, 2.05) is 25.7 Å². The van der Waals surface area contributed by atoms with Crippen LogP contribution in [0.5, 0.6) is 0 Å². The number of hydrogen-bond donors (Lipinski definition) is 1. The van der Waals surface area contributed by atoms with E-state index in [9.17, 15) is 4.79 Å².